The second-order valence-electron chi connectivity index (χ2n) is 4.64. The van der Waals surface area contributed by atoms with Crippen LogP contribution in [0.4, 0.5) is 0 Å². The minimum Gasteiger partial charge on any atom is -0.497 e. The number of nitrogens with one attached hydrogen (secondary N) is 1. The molecule has 0 fully saturated rings. The number of carbonyl (C=O) groups excluding carboxylic acids is 1. The van der Waals surface area contributed by atoms with Crippen LogP contribution in [0.5, 0.6) is 5.75 Å². The summed E-state index contributed by atoms with van der Waals surface area (Å²) in [7, 11) is 1.63. The number of benzene rings is 1. The van der Waals surface area contributed by atoms with Gasteiger partial charge in [-0.3, -0.25) is 4.79 Å². The van der Waals surface area contributed by atoms with Crippen molar-refractivity contribution in [3.8, 4) is 5.75 Å². The van der Waals surface area contributed by atoms with E-state index in [2.05, 4.69) is 18.0 Å². The number of ether oxygens (including phenoxy) is 1. The van der Waals surface area contributed by atoms with Gasteiger partial charge in [0.25, 0.3) is 0 Å². The van der Waals surface area contributed by atoms with E-state index in [4.69, 9.17) is 4.74 Å². The average Bonchev–Trinajstić information content (AvgIpc) is 3.03. The van der Waals surface area contributed by atoms with Crippen LogP contribution in [0, 0.1) is 0 Å². The summed E-state index contributed by atoms with van der Waals surface area (Å²) in [6.07, 6.45) is 2.39. The van der Waals surface area contributed by atoms with Crippen LogP contribution in [-0.2, 0) is 11.2 Å². The van der Waals surface area contributed by atoms with E-state index in [-0.39, 0.29) is 11.8 Å². The number of hydrogen-bond donors (Lipinski definition) is 1. The van der Waals surface area contributed by atoms with Gasteiger partial charge in [0.1, 0.15) is 5.75 Å². The predicted octanol–water partition coefficient (Wildman–Crippen LogP) is 3.39. The van der Waals surface area contributed by atoms with Crippen LogP contribution in [0.15, 0.2) is 54.4 Å². The topological polar surface area (TPSA) is 38.3 Å². The van der Waals surface area contributed by atoms with E-state index in [0.717, 1.165) is 11.3 Å². The first-order valence-electron chi connectivity index (χ1n) is 6.79. The molecule has 2 aromatic rings. The summed E-state index contributed by atoms with van der Waals surface area (Å²) in [5.74, 6) is 0.614. The Labute approximate surface area is 129 Å². The first kappa shape index (κ1) is 15.3. The Morgan fingerprint density at radius 2 is 2.14 bits per heavy atom. The highest BCUT2D eigenvalue weighted by Gasteiger charge is 2.21. The van der Waals surface area contributed by atoms with Gasteiger partial charge in [0.15, 0.2) is 0 Å². The Balaban J connectivity index is 2.20. The third-order valence-corrected chi connectivity index (χ3v) is 4.14. The molecule has 1 N–H and O–H groups in total. The fourth-order valence-electron chi connectivity index (χ4n) is 2.12. The smallest absolute Gasteiger partial charge is 0.228 e. The molecule has 1 atom stereocenters. The van der Waals surface area contributed by atoms with Crippen LogP contribution in [0.2, 0.25) is 0 Å². The lowest BCUT2D eigenvalue weighted by Crippen LogP contribution is -2.30. The molecule has 21 heavy (non-hydrogen) atoms. The van der Waals surface area contributed by atoms with Crippen molar-refractivity contribution >= 4 is 17.2 Å². The first-order chi connectivity index (χ1) is 10.2. The molecule has 3 nitrogen and oxygen atoms in total. The quantitative estimate of drug-likeness (QED) is 0.796. The maximum Gasteiger partial charge on any atom is 0.228 e. The Morgan fingerprint density at radius 1 is 1.38 bits per heavy atom. The van der Waals surface area contributed by atoms with Crippen molar-refractivity contribution in [1.29, 1.82) is 0 Å². The molecule has 2 rings (SSSR count). The van der Waals surface area contributed by atoms with Crippen molar-refractivity contribution in [3.63, 3.8) is 0 Å². The summed E-state index contributed by atoms with van der Waals surface area (Å²) in [5, 5.41) is 4.92. The fourth-order valence-corrected chi connectivity index (χ4v) is 2.88. The molecule has 0 bridgehead atoms. The van der Waals surface area contributed by atoms with Crippen molar-refractivity contribution in [2.45, 2.75) is 12.3 Å². The summed E-state index contributed by atoms with van der Waals surface area (Å²) in [6, 6.07) is 11.7. The maximum absolute atomic E-state index is 12.4. The van der Waals surface area contributed by atoms with E-state index >= 15 is 0 Å². The van der Waals surface area contributed by atoms with Gasteiger partial charge in [-0.2, -0.15) is 0 Å². The van der Waals surface area contributed by atoms with E-state index in [1.165, 1.54) is 4.88 Å². The van der Waals surface area contributed by atoms with Crippen LogP contribution >= 0.6 is 11.3 Å². The zero-order chi connectivity index (χ0) is 15.1. The Morgan fingerprint density at radius 3 is 2.71 bits per heavy atom. The monoisotopic (exact) mass is 301 g/mol. The summed E-state index contributed by atoms with van der Waals surface area (Å²) < 4.78 is 5.17. The zero-order valence-corrected chi connectivity index (χ0v) is 12.9. The van der Waals surface area contributed by atoms with Crippen molar-refractivity contribution in [1.82, 2.24) is 5.32 Å². The molecule has 1 amide bonds. The first-order valence-corrected chi connectivity index (χ1v) is 7.67. The third-order valence-electron chi connectivity index (χ3n) is 3.24. The molecule has 0 radical (unpaired) electrons. The molecule has 0 spiro atoms. The number of carbonyl (C=O) groups is 1. The lowest BCUT2D eigenvalue weighted by Gasteiger charge is -2.16. The van der Waals surface area contributed by atoms with E-state index in [1.54, 1.807) is 24.5 Å². The van der Waals surface area contributed by atoms with Crippen molar-refractivity contribution in [2.24, 2.45) is 0 Å². The predicted molar refractivity (Wildman–Crippen MR) is 87.0 cm³/mol. The molecule has 0 aliphatic heterocycles. The van der Waals surface area contributed by atoms with E-state index in [0.29, 0.717) is 13.0 Å². The van der Waals surface area contributed by atoms with Gasteiger partial charge in [0.05, 0.1) is 13.0 Å². The van der Waals surface area contributed by atoms with Gasteiger partial charge >= 0.3 is 0 Å². The standard InChI is InChI=1S/C17H19NO2S/c1-3-10-18-17(19)16(12-15-5-4-11-21-15)13-6-8-14(20-2)9-7-13/h3-9,11,16H,1,10,12H2,2H3,(H,18,19). The summed E-state index contributed by atoms with van der Waals surface area (Å²) >= 11 is 1.67. The molecule has 1 unspecified atom stereocenters. The maximum atomic E-state index is 12.4. The third kappa shape index (κ3) is 4.20. The molecular formula is C17H19NO2S. The SMILES string of the molecule is C=CCNC(=O)C(Cc1cccs1)c1ccc(OC)cc1. The Bertz CT molecular complexity index is 575. The van der Waals surface area contributed by atoms with E-state index in [1.807, 2.05) is 35.7 Å². The molecule has 0 aliphatic carbocycles. The highest BCUT2D eigenvalue weighted by atomic mass is 32.1. The molecule has 0 saturated heterocycles. The highest BCUT2D eigenvalue weighted by Crippen LogP contribution is 2.25. The summed E-state index contributed by atoms with van der Waals surface area (Å²) in [5.41, 5.74) is 0.991. The minimum atomic E-state index is -0.200. The van der Waals surface area contributed by atoms with Gasteiger partial charge in [-0.1, -0.05) is 24.3 Å². The number of rotatable bonds is 7. The molecule has 1 aromatic carbocycles. The Hall–Kier alpha value is -2.07. The number of hydrogen-bond acceptors (Lipinski definition) is 3. The van der Waals surface area contributed by atoms with Crippen molar-refractivity contribution < 1.29 is 9.53 Å². The van der Waals surface area contributed by atoms with E-state index < -0.39 is 0 Å². The van der Waals surface area contributed by atoms with Crippen molar-refractivity contribution in [3.05, 3.63) is 64.9 Å². The van der Waals surface area contributed by atoms with E-state index in [9.17, 15) is 4.79 Å². The van der Waals surface area contributed by atoms with Gasteiger partial charge in [0.2, 0.25) is 5.91 Å². The second kappa shape index (κ2) is 7.64. The molecule has 0 aliphatic rings. The summed E-state index contributed by atoms with van der Waals surface area (Å²) in [6.45, 7) is 4.12. The Kier molecular flexibility index (Phi) is 5.58. The van der Waals surface area contributed by atoms with Crippen LogP contribution < -0.4 is 10.1 Å². The van der Waals surface area contributed by atoms with Crippen LogP contribution in [0.25, 0.3) is 0 Å². The molecule has 1 heterocycles. The number of thiophene rings is 1. The van der Waals surface area contributed by atoms with Gasteiger partial charge in [-0.05, 0) is 35.6 Å². The molecule has 110 valence electrons. The van der Waals surface area contributed by atoms with Gasteiger partial charge in [0, 0.05) is 11.4 Å². The largest absolute Gasteiger partial charge is 0.497 e. The molecule has 0 saturated carbocycles. The van der Waals surface area contributed by atoms with Crippen molar-refractivity contribution in [2.75, 3.05) is 13.7 Å². The van der Waals surface area contributed by atoms with Gasteiger partial charge < -0.3 is 10.1 Å². The summed E-state index contributed by atoms with van der Waals surface area (Å²) in [4.78, 5) is 13.6. The molecule has 1 aromatic heterocycles. The molecule has 4 heteroatoms. The average molecular weight is 301 g/mol. The van der Waals surface area contributed by atoms with Crippen LogP contribution in [0.3, 0.4) is 0 Å². The zero-order valence-electron chi connectivity index (χ0n) is 12.0. The lowest BCUT2D eigenvalue weighted by molar-refractivity contribution is -0.122. The number of methoxy groups -OCH3 is 1. The van der Waals surface area contributed by atoms with Crippen LogP contribution in [0.1, 0.15) is 16.4 Å². The van der Waals surface area contributed by atoms with Crippen LogP contribution in [-0.4, -0.2) is 19.6 Å². The second-order valence-corrected chi connectivity index (χ2v) is 5.68. The normalized spacial score (nSPS) is 11.7. The van der Waals surface area contributed by atoms with Gasteiger partial charge in [-0.25, -0.2) is 0 Å². The highest BCUT2D eigenvalue weighted by molar-refractivity contribution is 7.09. The lowest BCUT2D eigenvalue weighted by atomic mass is 9.94. The van der Waals surface area contributed by atoms with Gasteiger partial charge in [-0.15, -0.1) is 17.9 Å². The minimum absolute atomic E-state index is 0.0217. The number of amides is 1. The molecular weight excluding hydrogens is 282 g/mol. The fraction of sp³-hybridized carbons (Fsp3) is 0.235.